The Morgan fingerprint density at radius 1 is 1.45 bits per heavy atom. The van der Waals surface area contributed by atoms with Crippen LogP contribution in [0.3, 0.4) is 0 Å². The Morgan fingerprint density at radius 2 is 2.18 bits per heavy atom. The van der Waals surface area contributed by atoms with Crippen LogP contribution >= 0.6 is 0 Å². The number of rotatable bonds is 3. The van der Waals surface area contributed by atoms with Crippen LogP contribution in [0.5, 0.6) is 0 Å². The van der Waals surface area contributed by atoms with Gasteiger partial charge in [0.1, 0.15) is 5.82 Å². The summed E-state index contributed by atoms with van der Waals surface area (Å²) in [6.07, 6.45) is 0.907. The second-order valence-corrected chi connectivity index (χ2v) is 5.84. The van der Waals surface area contributed by atoms with Gasteiger partial charge in [-0.05, 0) is 37.0 Å². The minimum Gasteiger partial charge on any atom is -0.378 e. The largest absolute Gasteiger partial charge is 0.378 e. The van der Waals surface area contributed by atoms with Crippen molar-refractivity contribution < 1.29 is 19.1 Å². The summed E-state index contributed by atoms with van der Waals surface area (Å²) in [4.78, 5) is 25.1. The van der Waals surface area contributed by atoms with Gasteiger partial charge in [-0.1, -0.05) is 12.1 Å². The van der Waals surface area contributed by atoms with Crippen LogP contribution in [-0.2, 0) is 16.1 Å². The fourth-order valence-corrected chi connectivity index (χ4v) is 2.65. The molecule has 1 fully saturated rings. The minimum absolute atomic E-state index is 0.0105. The van der Waals surface area contributed by atoms with E-state index < -0.39 is 11.5 Å². The lowest BCUT2D eigenvalue weighted by Crippen LogP contribution is -2.57. The number of piperidine rings is 1. The number of benzene rings is 1. The van der Waals surface area contributed by atoms with E-state index in [0.717, 1.165) is 5.56 Å². The average Bonchev–Trinajstić information content (AvgIpc) is 2.48. The van der Waals surface area contributed by atoms with Gasteiger partial charge in [0.05, 0.1) is 6.54 Å². The third kappa shape index (κ3) is 3.62. The fraction of sp³-hybridized carbons (Fsp3) is 0.500. The number of hydrogen-bond donors (Lipinski definition) is 2. The number of nitrogens with zero attached hydrogens (tertiary/aromatic N) is 1. The molecule has 22 heavy (non-hydrogen) atoms. The molecule has 1 aromatic carbocycles. The highest BCUT2D eigenvalue weighted by Gasteiger charge is 2.40. The Bertz CT molecular complexity index is 591. The lowest BCUT2D eigenvalue weighted by molar-refractivity contribution is -0.150. The maximum absolute atomic E-state index is 13.2. The molecule has 2 amide bonds. The maximum atomic E-state index is 13.2. The number of halogens is 1. The van der Waals surface area contributed by atoms with Crippen molar-refractivity contribution in [1.82, 2.24) is 10.2 Å². The highest BCUT2D eigenvalue weighted by molar-refractivity contribution is 5.86. The van der Waals surface area contributed by atoms with Gasteiger partial charge in [0.25, 0.3) is 5.91 Å². The van der Waals surface area contributed by atoms with E-state index in [9.17, 15) is 19.1 Å². The van der Waals surface area contributed by atoms with E-state index in [1.54, 1.807) is 19.1 Å². The predicted octanol–water partition coefficient (Wildman–Crippen LogP) is 1.12. The molecule has 120 valence electrons. The quantitative estimate of drug-likeness (QED) is 0.879. The lowest BCUT2D eigenvalue weighted by atomic mass is 9.91. The van der Waals surface area contributed by atoms with Crippen molar-refractivity contribution >= 4 is 11.8 Å². The van der Waals surface area contributed by atoms with Crippen molar-refractivity contribution in [2.75, 3.05) is 13.1 Å². The molecule has 2 rings (SSSR count). The molecule has 1 aliphatic rings. The zero-order chi connectivity index (χ0) is 16.3. The maximum Gasteiger partial charge on any atom is 0.254 e. The Kier molecular flexibility index (Phi) is 4.81. The Labute approximate surface area is 129 Å². The molecule has 6 heteroatoms. The number of amides is 2. The van der Waals surface area contributed by atoms with Crippen molar-refractivity contribution in [3.8, 4) is 0 Å². The monoisotopic (exact) mass is 308 g/mol. The molecule has 0 radical (unpaired) electrons. The lowest BCUT2D eigenvalue weighted by Gasteiger charge is -2.37. The van der Waals surface area contributed by atoms with Crippen LogP contribution in [-0.4, -0.2) is 40.5 Å². The van der Waals surface area contributed by atoms with Gasteiger partial charge < -0.3 is 15.3 Å². The Morgan fingerprint density at radius 3 is 2.82 bits per heavy atom. The molecular formula is C16H21FN2O3. The van der Waals surface area contributed by atoms with E-state index in [-0.39, 0.29) is 24.8 Å². The molecule has 0 bridgehead atoms. The van der Waals surface area contributed by atoms with Crippen LogP contribution in [0, 0.1) is 12.7 Å². The van der Waals surface area contributed by atoms with Gasteiger partial charge in [-0.3, -0.25) is 9.59 Å². The Hall–Kier alpha value is -1.95. The number of aryl methyl sites for hydroxylation is 1. The summed E-state index contributed by atoms with van der Waals surface area (Å²) in [7, 11) is 0. The highest BCUT2D eigenvalue weighted by atomic mass is 19.1. The minimum atomic E-state index is -1.56. The number of likely N-dealkylation sites (tertiary alicyclic amines) is 1. The molecule has 0 unspecified atom stereocenters. The smallest absolute Gasteiger partial charge is 0.254 e. The van der Waals surface area contributed by atoms with Gasteiger partial charge >= 0.3 is 0 Å². The standard InChI is InChI=1S/C16H21FN2O3/c1-11-8-13(4-5-14(11)17)9-18-15(21)16(22)6-3-7-19(10-16)12(2)20/h4-5,8,22H,3,6-7,9-10H2,1-2H3,(H,18,21)/t16-/m0/s1. The first kappa shape index (κ1) is 16.4. The van der Waals surface area contributed by atoms with Gasteiger partial charge in [0, 0.05) is 20.0 Å². The van der Waals surface area contributed by atoms with Crippen LogP contribution < -0.4 is 5.32 Å². The topological polar surface area (TPSA) is 69.6 Å². The highest BCUT2D eigenvalue weighted by Crippen LogP contribution is 2.21. The molecule has 1 aliphatic heterocycles. The number of hydrogen-bond acceptors (Lipinski definition) is 3. The average molecular weight is 308 g/mol. The van der Waals surface area contributed by atoms with Crippen molar-refractivity contribution in [2.24, 2.45) is 0 Å². The number of nitrogens with one attached hydrogen (secondary N) is 1. The van der Waals surface area contributed by atoms with Crippen LogP contribution in [0.15, 0.2) is 18.2 Å². The fourth-order valence-electron chi connectivity index (χ4n) is 2.65. The number of carbonyl (C=O) groups excluding carboxylic acids is 2. The SMILES string of the molecule is CC(=O)N1CCC[C@@](O)(C(=O)NCc2ccc(F)c(C)c2)C1. The third-order valence-electron chi connectivity index (χ3n) is 4.01. The summed E-state index contributed by atoms with van der Waals surface area (Å²) in [5.74, 6) is -0.946. The van der Waals surface area contributed by atoms with E-state index in [1.165, 1.54) is 17.9 Å². The first-order valence-electron chi connectivity index (χ1n) is 7.33. The second-order valence-electron chi connectivity index (χ2n) is 5.84. The van der Waals surface area contributed by atoms with E-state index >= 15 is 0 Å². The normalized spacial score (nSPS) is 21.5. The van der Waals surface area contributed by atoms with Gasteiger partial charge in [-0.25, -0.2) is 4.39 Å². The molecule has 0 aromatic heterocycles. The molecule has 2 N–H and O–H groups in total. The summed E-state index contributed by atoms with van der Waals surface area (Å²) in [5, 5.41) is 13.1. The van der Waals surface area contributed by atoms with Crippen molar-refractivity contribution in [2.45, 2.75) is 38.8 Å². The molecule has 1 saturated heterocycles. The number of aliphatic hydroxyl groups is 1. The summed E-state index contributed by atoms with van der Waals surface area (Å²) in [5.41, 5.74) is -0.292. The molecule has 1 heterocycles. The summed E-state index contributed by atoms with van der Waals surface area (Å²) in [6.45, 7) is 3.85. The third-order valence-corrected chi connectivity index (χ3v) is 4.01. The summed E-state index contributed by atoms with van der Waals surface area (Å²) >= 11 is 0. The van der Waals surface area contributed by atoms with Crippen LogP contribution in [0.4, 0.5) is 4.39 Å². The zero-order valence-corrected chi connectivity index (χ0v) is 12.9. The van der Waals surface area contributed by atoms with E-state index in [4.69, 9.17) is 0 Å². The first-order valence-corrected chi connectivity index (χ1v) is 7.33. The van der Waals surface area contributed by atoms with Gasteiger partial charge in [-0.2, -0.15) is 0 Å². The molecule has 5 nitrogen and oxygen atoms in total. The van der Waals surface area contributed by atoms with Gasteiger partial charge in [0.2, 0.25) is 5.91 Å². The van der Waals surface area contributed by atoms with E-state index in [1.807, 2.05) is 0 Å². The van der Waals surface area contributed by atoms with E-state index in [0.29, 0.717) is 24.9 Å². The van der Waals surface area contributed by atoms with Crippen molar-refractivity contribution in [3.63, 3.8) is 0 Å². The van der Waals surface area contributed by atoms with E-state index in [2.05, 4.69) is 5.32 Å². The van der Waals surface area contributed by atoms with Gasteiger partial charge in [0.15, 0.2) is 5.60 Å². The molecule has 1 aromatic rings. The summed E-state index contributed by atoms with van der Waals surface area (Å²) < 4.78 is 13.2. The van der Waals surface area contributed by atoms with Crippen molar-refractivity contribution in [3.05, 3.63) is 35.1 Å². The first-order chi connectivity index (χ1) is 10.3. The molecular weight excluding hydrogens is 287 g/mol. The van der Waals surface area contributed by atoms with Crippen LogP contribution in [0.25, 0.3) is 0 Å². The summed E-state index contributed by atoms with van der Waals surface area (Å²) in [6, 6.07) is 4.60. The predicted molar refractivity (Wildman–Crippen MR) is 79.4 cm³/mol. The van der Waals surface area contributed by atoms with Crippen LogP contribution in [0.2, 0.25) is 0 Å². The molecule has 1 atom stereocenters. The second kappa shape index (κ2) is 6.44. The van der Waals surface area contributed by atoms with Gasteiger partial charge in [-0.15, -0.1) is 0 Å². The molecule has 0 aliphatic carbocycles. The van der Waals surface area contributed by atoms with Crippen LogP contribution in [0.1, 0.15) is 30.9 Å². The Balaban J connectivity index is 1.98. The molecule has 0 saturated carbocycles. The number of β-amino-alcohol motifs (C(OH)–C–C–N with tert-alkyl or cyclic N) is 1. The molecule has 0 spiro atoms. The zero-order valence-electron chi connectivity index (χ0n) is 12.9. The number of carbonyl (C=O) groups is 2. The van der Waals surface area contributed by atoms with Crippen molar-refractivity contribution in [1.29, 1.82) is 0 Å².